The van der Waals surface area contributed by atoms with Gasteiger partial charge >= 0.3 is 0 Å². The van der Waals surface area contributed by atoms with Crippen LogP contribution in [0.2, 0.25) is 0 Å². The fraction of sp³-hybridized carbons (Fsp3) is 0.611. The predicted molar refractivity (Wildman–Crippen MR) is 91.9 cm³/mol. The van der Waals surface area contributed by atoms with Crippen LogP contribution in [0.3, 0.4) is 0 Å². The molecule has 0 spiro atoms. The summed E-state index contributed by atoms with van der Waals surface area (Å²) in [4.78, 5) is 15.0. The lowest BCUT2D eigenvalue weighted by Gasteiger charge is -2.39. The van der Waals surface area contributed by atoms with Gasteiger partial charge in [0.05, 0.1) is 6.04 Å². The van der Waals surface area contributed by atoms with E-state index >= 15 is 0 Å². The van der Waals surface area contributed by atoms with Gasteiger partial charge in [0, 0.05) is 18.5 Å². The number of rotatable bonds is 2. The van der Waals surface area contributed by atoms with Crippen molar-refractivity contribution >= 4 is 18.3 Å². The lowest BCUT2D eigenvalue weighted by Crippen LogP contribution is -2.44. The van der Waals surface area contributed by atoms with Crippen LogP contribution in [0.4, 0.5) is 4.39 Å². The highest BCUT2D eigenvalue weighted by molar-refractivity contribution is 5.85. The molecule has 3 atom stereocenters. The monoisotopic (exact) mass is 340 g/mol. The van der Waals surface area contributed by atoms with E-state index in [1.165, 1.54) is 12.1 Å². The van der Waals surface area contributed by atoms with Gasteiger partial charge in [-0.3, -0.25) is 4.79 Å². The second kappa shape index (κ2) is 8.11. The van der Waals surface area contributed by atoms with E-state index in [1.807, 2.05) is 17.0 Å². The van der Waals surface area contributed by atoms with Crippen LogP contribution < -0.4 is 5.73 Å². The number of nitrogens with zero attached hydrogens (tertiary/aromatic N) is 1. The third-order valence-electron chi connectivity index (χ3n) is 5.10. The molecule has 0 radical (unpaired) electrons. The van der Waals surface area contributed by atoms with Crippen LogP contribution in [0.25, 0.3) is 0 Å². The number of carbonyl (C=O) groups excluding carboxylic acids is 1. The zero-order valence-electron chi connectivity index (χ0n) is 13.4. The molecule has 2 fully saturated rings. The fourth-order valence-corrected chi connectivity index (χ4v) is 3.91. The molecule has 0 bridgehead atoms. The van der Waals surface area contributed by atoms with E-state index in [2.05, 4.69) is 0 Å². The first-order valence-corrected chi connectivity index (χ1v) is 8.46. The Hall–Kier alpha value is -1.13. The summed E-state index contributed by atoms with van der Waals surface area (Å²) in [6.45, 7) is 0.812. The molecule has 3 nitrogen and oxygen atoms in total. The Bertz CT molecular complexity index is 522. The molecule has 5 heteroatoms. The van der Waals surface area contributed by atoms with Crippen molar-refractivity contribution in [3.8, 4) is 0 Å². The Balaban J connectivity index is 0.00000192. The molecule has 2 N–H and O–H groups in total. The highest BCUT2D eigenvalue weighted by Crippen LogP contribution is 2.34. The Morgan fingerprint density at radius 2 is 1.83 bits per heavy atom. The third-order valence-corrected chi connectivity index (χ3v) is 5.10. The molecule has 1 aromatic rings. The summed E-state index contributed by atoms with van der Waals surface area (Å²) >= 11 is 0. The van der Waals surface area contributed by atoms with Crippen LogP contribution in [0.5, 0.6) is 0 Å². The smallest absolute Gasteiger partial charge is 0.226 e. The van der Waals surface area contributed by atoms with Crippen LogP contribution >= 0.6 is 12.4 Å². The van der Waals surface area contributed by atoms with Crippen molar-refractivity contribution in [3.63, 3.8) is 0 Å². The zero-order chi connectivity index (χ0) is 15.5. The second-order valence-corrected chi connectivity index (χ2v) is 6.72. The SMILES string of the molecule is Cl.NC1CCCC(C(=O)N2CCCCC2c2ccc(F)cc2)C1. The number of hydrogen-bond acceptors (Lipinski definition) is 2. The van der Waals surface area contributed by atoms with Gasteiger partial charge < -0.3 is 10.6 Å². The van der Waals surface area contributed by atoms with Gasteiger partial charge in [0.2, 0.25) is 5.91 Å². The van der Waals surface area contributed by atoms with E-state index in [0.717, 1.165) is 57.1 Å². The van der Waals surface area contributed by atoms with Crippen molar-refractivity contribution in [3.05, 3.63) is 35.6 Å². The van der Waals surface area contributed by atoms with Gasteiger partial charge in [-0.05, 0) is 56.2 Å². The van der Waals surface area contributed by atoms with E-state index in [4.69, 9.17) is 5.73 Å². The molecule has 1 aromatic carbocycles. The first-order chi connectivity index (χ1) is 10.6. The normalized spacial score (nSPS) is 28.1. The number of hydrogen-bond donors (Lipinski definition) is 1. The third kappa shape index (κ3) is 4.24. The van der Waals surface area contributed by atoms with Crippen molar-refractivity contribution in [2.75, 3.05) is 6.54 Å². The van der Waals surface area contributed by atoms with E-state index in [1.54, 1.807) is 0 Å². The Kier molecular flexibility index (Phi) is 6.42. The molecule has 1 aliphatic carbocycles. The molecule has 2 aliphatic rings. The molecule has 1 aliphatic heterocycles. The molecular weight excluding hydrogens is 315 g/mol. The molecule has 3 unspecified atom stereocenters. The van der Waals surface area contributed by atoms with E-state index in [-0.39, 0.29) is 42.1 Å². The molecule has 0 aromatic heterocycles. The summed E-state index contributed by atoms with van der Waals surface area (Å²) in [5, 5.41) is 0. The van der Waals surface area contributed by atoms with Crippen LogP contribution in [0.1, 0.15) is 56.6 Å². The van der Waals surface area contributed by atoms with Gasteiger partial charge in [-0.25, -0.2) is 4.39 Å². The Morgan fingerprint density at radius 1 is 1.09 bits per heavy atom. The molecule has 1 saturated heterocycles. The van der Waals surface area contributed by atoms with E-state index < -0.39 is 0 Å². The molecule has 1 heterocycles. The van der Waals surface area contributed by atoms with Crippen molar-refractivity contribution in [2.24, 2.45) is 11.7 Å². The average Bonchev–Trinajstić information content (AvgIpc) is 2.55. The van der Waals surface area contributed by atoms with Gasteiger partial charge in [-0.1, -0.05) is 18.6 Å². The molecule has 128 valence electrons. The second-order valence-electron chi connectivity index (χ2n) is 6.72. The topological polar surface area (TPSA) is 46.3 Å². The lowest BCUT2D eigenvalue weighted by atomic mass is 9.84. The number of benzene rings is 1. The van der Waals surface area contributed by atoms with E-state index in [0.29, 0.717) is 0 Å². The average molecular weight is 341 g/mol. The number of piperidine rings is 1. The first-order valence-electron chi connectivity index (χ1n) is 8.46. The molecule has 1 saturated carbocycles. The highest BCUT2D eigenvalue weighted by Gasteiger charge is 2.34. The van der Waals surface area contributed by atoms with Crippen LogP contribution in [-0.2, 0) is 4.79 Å². The summed E-state index contributed by atoms with van der Waals surface area (Å²) in [6.07, 6.45) is 7.00. The standard InChI is InChI=1S/C18H25FN2O.ClH/c19-15-9-7-13(8-10-15)17-6-1-2-11-21(17)18(22)14-4-3-5-16(20)12-14;/h7-10,14,16-17H,1-6,11-12,20H2;1H. The predicted octanol–water partition coefficient (Wildman–Crippen LogP) is 3.82. The summed E-state index contributed by atoms with van der Waals surface area (Å²) < 4.78 is 13.1. The number of nitrogens with two attached hydrogens (primary N) is 1. The highest BCUT2D eigenvalue weighted by atomic mass is 35.5. The van der Waals surface area contributed by atoms with Crippen LogP contribution in [0, 0.1) is 11.7 Å². The molecular formula is C18H26ClFN2O. The van der Waals surface area contributed by atoms with Gasteiger partial charge in [0.25, 0.3) is 0 Å². The maximum atomic E-state index is 13.1. The zero-order valence-corrected chi connectivity index (χ0v) is 14.2. The number of likely N-dealkylation sites (tertiary alicyclic amines) is 1. The van der Waals surface area contributed by atoms with Crippen LogP contribution in [-0.4, -0.2) is 23.4 Å². The summed E-state index contributed by atoms with van der Waals surface area (Å²) in [5.41, 5.74) is 7.09. The summed E-state index contributed by atoms with van der Waals surface area (Å²) in [6, 6.07) is 6.87. The number of halogens is 2. The molecule has 23 heavy (non-hydrogen) atoms. The van der Waals surface area contributed by atoms with Gasteiger partial charge in [0.15, 0.2) is 0 Å². The molecule has 3 rings (SSSR count). The Labute approximate surface area is 143 Å². The molecule has 1 amide bonds. The maximum absolute atomic E-state index is 13.1. The number of carbonyl (C=O) groups is 1. The van der Waals surface area contributed by atoms with Crippen molar-refractivity contribution in [1.82, 2.24) is 4.90 Å². The van der Waals surface area contributed by atoms with Crippen LogP contribution in [0.15, 0.2) is 24.3 Å². The lowest BCUT2D eigenvalue weighted by molar-refractivity contribution is -0.140. The minimum absolute atomic E-state index is 0. The maximum Gasteiger partial charge on any atom is 0.226 e. The minimum Gasteiger partial charge on any atom is -0.335 e. The fourth-order valence-electron chi connectivity index (χ4n) is 3.91. The summed E-state index contributed by atoms with van der Waals surface area (Å²) in [7, 11) is 0. The summed E-state index contributed by atoms with van der Waals surface area (Å²) in [5.74, 6) is 0.102. The van der Waals surface area contributed by atoms with E-state index in [9.17, 15) is 9.18 Å². The van der Waals surface area contributed by atoms with Crippen molar-refractivity contribution < 1.29 is 9.18 Å². The Morgan fingerprint density at radius 3 is 2.52 bits per heavy atom. The largest absolute Gasteiger partial charge is 0.335 e. The minimum atomic E-state index is -0.226. The quantitative estimate of drug-likeness (QED) is 0.889. The first kappa shape index (κ1) is 18.2. The van der Waals surface area contributed by atoms with Crippen molar-refractivity contribution in [1.29, 1.82) is 0 Å². The number of amides is 1. The van der Waals surface area contributed by atoms with Gasteiger partial charge in [-0.2, -0.15) is 0 Å². The van der Waals surface area contributed by atoms with Crippen molar-refractivity contribution in [2.45, 2.75) is 57.0 Å². The van der Waals surface area contributed by atoms with Gasteiger partial charge in [0.1, 0.15) is 5.82 Å². The van der Waals surface area contributed by atoms with Gasteiger partial charge in [-0.15, -0.1) is 12.4 Å².